The number of aryl methyl sites for hydroxylation is 1. The number of hydrogen-bond donors (Lipinski definition) is 3. The molecule has 112 valence electrons. The number of benzene rings is 1. The maximum absolute atomic E-state index is 5.55. The molecule has 0 radical (unpaired) electrons. The molecule has 0 unspecified atom stereocenters. The summed E-state index contributed by atoms with van der Waals surface area (Å²) in [5.41, 5.74) is 5.89. The molecule has 4 N–H and O–H groups in total. The molecule has 1 aromatic heterocycles. The minimum absolute atomic E-state index is 0.250. The SMILES string of the molecule is CCc1cc(Br)ccc1Nc1ncnc(NN)c1C(C)C. The van der Waals surface area contributed by atoms with E-state index in [0.29, 0.717) is 5.82 Å². The average Bonchev–Trinajstić information content (AvgIpc) is 2.48. The normalized spacial score (nSPS) is 10.8. The first-order valence-corrected chi connectivity index (χ1v) is 7.73. The maximum atomic E-state index is 5.55. The Hall–Kier alpha value is -1.66. The summed E-state index contributed by atoms with van der Waals surface area (Å²) in [4.78, 5) is 8.55. The Bertz CT molecular complexity index is 627. The Morgan fingerprint density at radius 2 is 1.95 bits per heavy atom. The van der Waals surface area contributed by atoms with Gasteiger partial charge in [-0.15, -0.1) is 0 Å². The molecule has 5 nitrogen and oxygen atoms in total. The lowest BCUT2D eigenvalue weighted by Gasteiger charge is -2.18. The third-order valence-corrected chi connectivity index (χ3v) is 3.79. The van der Waals surface area contributed by atoms with Crippen molar-refractivity contribution in [1.82, 2.24) is 9.97 Å². The van der Waals surface area contributed by atoms with Gasteiger partial charge in [-0.25, -0.2) is 15.8 Å². The van der Waals surface area contributed by atoms with Crippen LogP contribution in [-0.2, 0) is 6.42 Å². The van der Waals surface area contributed by atoms with Crippen molar-refractivity contribution < 1.29 is 0 Å². The molecule has 0 saturated heterocycles. The summed E-state index contributed by atoms with van der Waals surface area (Å²) in [6.45, 7) is 6.31. The number of nitrogen functional groups attached to an aromatic ring is 1. The van der Waals surface area contributed by atoms with Crippen molar-refractivity contribution in [3.63, 3.8) is 0 Å². The van der Waals surface area contributed by atoms with Gasteiger partial charge in [-0.05, 0) is 36.1 Å². The van der Waals surface area contributed by atoms with Gasteiger partial charge in [0.25, 0.3) is 0 Å². The van der Waals surface area contributed by atoms with Crippen molar-refractivity contribution >= 4 is 33.3 Å². The summed E-state index contributed by atoms with van der Waals surface area (Å²) in [7, 11) is 0. The number of rotatable bonds is 5. The fourth-order valence-electron chi connectivity index (χ4n) is 2.26. The van der Waals surface area contributed by atoms with Gasteiger partial charge in [0.15, 0.2) is 0 Å². The molecular formula is C15H20BrN5. The van der Waals surface area contributed by atoms with Crippen LogP contribution in [0.1, 0.15) is 37.8 Å². The van der Waals surface area contributed by atoms with Crippen LogP contribution in [0, 0.1) is 0 Å². The van der Waals surface area contributed by atoms with Crippen LogP contribution in [-0.4, -0.2) is 9.97 Å². The highest BCUT2D eigenvalue weighted by Crippen LogP contribution is 2.31. The molecule has 2 rings (SSSR count). The molecule has 0 amide bonds. The Kier molecular flexibility index (Phi) is 5.14. The summed E-state index contributed by atoms with van der Waals surface area (Å²) >= 11 is 3.50. The van der Waals surface area contributed by atoms with E-state index in [2.05, 4.69) is 63.5 Å². The highest BCUT2D eigenvalue weighted by atomic mass is 79.9. The monoisotopic (exact) mass is 349 g/mol. The Balaban J connectivity index is 2.44. The van der Waals surface area contributed by atoms with E-state index in [1.807, 2.05) is 12.1 Å². The molecule has 21 heavy (non-hydrogen) atoms. The third kappa shape index (κ3) is 3.51. The number of nitrogens with two attached hydrogens (primary N) is 1. The summed E-state index contributed by atoms with van der Waals surface area (Å²) in [6, 6.07) is 6.17. The lowest BCUT2D eigenvalue weighted by atomic mass is 10.0. The highest BCUT2D eigenvalue weighted by molar-refractivity contribution is 9.10. The molecule has 1 aromatic carbocycles. The number of halogens is 1. The molecule has 1 heterocycles. The Morgan fingerprint density at radius 3 is 2.57 bits per heavy atom. The van der Waals surface area contributed by atoms with Crippen LogP contribution in [0.3, 0.4) is 0 Å². The van der Waals surface area contributed by atoms with Gasteiger partial charge in [-0.1, -0.05) is 36.7 Å². The minimum Gasteiger partial charge on any atom is -0.340 e. The molecule has 0 atom stereocenters. The average molecular weight is 350 g/mol. The molecular weight excluding hydrogens is 330 g/mol. The van der Waals surface area contributed by atoms with Gasteiger partial charge in [-0.3, -0.25) is 0 Å². The van der Waals surface area contributed by atoms with Crippen LogP contribution in [0.5, 0.6) is 0 Å². The van der Waals surface area contributed by atoms with Crippen molar-refractivity contribution in [3.8, 4) is 0 Å². The zero-order valence-electron chi connectivity index (χ0n) is 12.4. The molecule has 0 aliphatic heterocycles. The summed E-state index contributed by atoms with van der Waals surface area (Å²) in [5, 5.41) is 3.41. The molecule has 0 bridgehead atoms. The van der Waals surface area contributed by atoms with E-state index in [1.54, 1.807) is 0 Å². The first-order valence-electron chi connectivity index (χ1n) is 6.93. The van der Waals surface area contributed by atoms with Gasteiger partial charge in [0.1, 0.15) is 18.0 Å². The van der Waals surface area contributed by atoms with Crippen molar-refractivity contribution in [2.45, 2.75) is 33.1 Å². The first-order chi connectivity index (χ1) is 10.1. The first kappa shape index (κ1) is 15.7. The number of nitrogens with zero attached hydrogens (tertiary/aromatic N) is 2. The van der Waals surface area contributed by atoms with Crippen molar-refractivity contribution in [1.29, 1.82) is 0 Å². The smallest absolute Gasteiger partial charge is 0.148 e. The quantitative estimate of drug-likeness (QED) is 0.562. The Labute approximate surface area is 133 Å². The zero-order valence-corrected chi connectivity index (χ0v) is 14.0. The second-order valence-corrected chi connectivity index (χ2v) is 5.98. The lowest BCUT2D eigenvalue weighted by Crippen LogP contribution is -2.14. The van der Waals surface area contributed by atoms with Gasteiger partial charge >= 0.3 is 0 Å². The zero-order chi connectivity index (χ0) is 15.4. The van der Waals surface area contributed by atoms with E-state index in [9.17, 15) is 0 Å². The highest BCUT2D eigenvalue weighted by Gasteiger charge is 2.15. The van der Waals surface area contributed by atoms with Crippen molar-refractivity contribution in [2.75, 3.05) is 10.7 Å². The Morgan fingerprint density at radius 1 is 1.24 bits per heavy atom. The molecule has 0 saturated carbocycles. The predicted molar refractivity (Wildman–Crippen MR) is 90.7 cm³/mol. The number of hydrazine groups is 1. The molecule has 0 spiro atoms. The fourth-order valence-corrected chi connectivity index (χ4v) is 2.67. The van der Waals surface area contributed by atoms with Gasteiger partial charge in [0, 0.05) is 15.7 Å². The number of hydrogen-bond acceptors (Lipinski definition) is 5. The standard InChI is InChI=1S/C15H20BrN5/c1-4-10-7-11(16)5-6-12(10)20-14-13(9(2)3)15(21-17)19-8-18-14/h5-9H,4,17H2,1-3H3,(H2,18,19,20,21). The second kappa shape index (κ2) is 6.87. The molecule has 0 aliphatic rings. The molecule has 0 aliphatic carbocycles. The van der Waals surface area contributed by atoms with Crippen molar-refractivity contribution in [3.05, 3.63) is 40.1 Å². The van der Waals surface area contributed by atoms with E-state index >= 15 is 0 Å². The molecule has 0 fully saturated rings. The summed E-state index contributed by atoms with van der Waals surface area (Å²) in [6.07, 6.45) is 2.44. The lowest BCUT2D eigenvalue weighted by molar-refractivity contribution is 0.850. The number of anilines is 3. The van der Waals surface area contributed by atoms with E-state index in [-0.39, 0.29) is 5.92 Å². The van der Waals surface area contributed by atoms with Crippen molar-refractivity contribution in [2.24, 2.45) is 5.84 Å². The van der Waals surface area contributed by atoms with E-state index < -0.39 is 0 Å². The minimum atomic E-state index is 0.250. The summed E-state index contributed by atoms with van der Waals surface area (Å²) < 4.78 is 1.07. The van der Waals surface area contributed by atoms with Gasteiger partial charge in [-0.2, -0.15) is 0 Å². The van der Waals surface area contributed by atoms with Crippen LogP contribution in [0.2, 0.25) is 0 Å². The van der Waals surface area contributed by atoms with Gasteiger partial charge in [0.05, 0.1) is 0 Å². The molecule has 6 heteroatoms. The topological polar surface area (TPSA) is 75.9 Å². The van der Waals surface area contributed by atoms with Gasteiger partial charge in [0.2, 0.25) is 0 Å². The van der Waals surface area contributed by atoms with Crippen LogP contribution in [0.4, 0.5) is 17.3 Å². The van der Waals surface area contributed by atoms with Crippen LogP contribution < -0.4 is 16.6 Å². The van der Waals surface area contributed by atoms with Gasteiger partial charge < -0.3 is 10.7 Å². The van der Waals surface area contributed by atoms with E-state index in [1.165, 1.54) is 11.9 Å². The number of aromatic nitrogens is 2. The van der Waals surface area contributed by atoms with Crippen LogP contribution >= 0.6 is 15.9 Å². The van der Waals surface area contributed by atoms with Crippen LogP contribution in [0.15, 0.2) is 29.0 Å². The predicted octanol–water partition coefficient (Wildman–Crippen LogP) is 3.95. The number of nitrogens with one attached hydrogen (secondary N) is 2. The third-order valence-electron chi connectivity index (χ3n) is 3.30. The largest absolute Gasteiger partial charge is 0.340 e. The van der Waals surface area contributed by atoms with Crippen LogP contribution in [0.25, 0.3) is 0 Å². The molecule has 2 aromatic rings. The van der Waals surface area contributed by atoms with E-state index in [4.69, 9.17) is 5.84 Å². The fraction of sp³-hybridized carbons (Fsp3) is 0.333. The maximum Gasteiger partial charge on any atom is 0.148 e. The second-order valence-electron chi connectivity index (χ2n) is 5.06. The summed E-state index contributed by atoms with van der Waals surface area (Å²) in [5.74, 6) is 7.24. The van der Waals surface area contributed by atoms with E-state index in [0.717, 1.165) is 28.0 Å².